The van der Waals surface area contributed by atoms with Gasteiger partial charge in [0, 0.05) is 30.6 Å². The zero-order chi connectivity index (χ0) is 26.5. The molecule has 0 amide bonds. The van der Waals surface area contributed by atoms with Crippen LogP contribution in [0.3, 0.4) is 0 Å². The maximum absolute atomic E-state index is 12.8. The van der Waals surface area contributed by atoms with Gasteiger partial charge in [-0.2, -0.15) is 10.2 Å². The summed E-state index contributed by atoms with van der Waals surface area (Å²) in [6.07, 6.45) is 3.05. The molecule has 0 aliphatic carbocycles. The van der Waals surface area contributed by atoms with Gasteiger partial charge in [-0.1, -0.05) is 11.2 Å². The molecule has 0 fully saturated rings. The molecule has 13 heteroatoms. The number of benzene rings is 2. The molecule has 3 heterocycles. The fourth-order valence-corrected chi connectivity index (χ4v) is 3.71. The third-order valence-electron chi connectivity index (χ3n) is 5.45. The van der Waals surface area contributed by atoms with E-state index in [1.54, 1.807) is 31.2 Å². The molecule has 2 N–H and O–H groups in total. The van der Waals surface area contributed by atoms with E-state index in [2.05, 4.69) is 35.5 Å². The number of nitrogens with zero attached hydrogens (tertiary/aromatic N) is 7. The highest BCUT2D eigenvalue weighted by Crippen LogP contribution is 2.33. The topological polar surface area (TPSA) is 170 Å². The first-order chi connectivity index (χ1) is 18.6. The number of anilines is 1. The minimum absolute atomic E-state index is 0.127. The molecular weight excluding hydrogens is 490 g/mol. The van der Waals surface area contributed by atoms with E-state index in [0.29, 0.717) is 34.6 Å². The Morgan fingerprint density at radius 2 is 1.95 bits per heavy atom. The molecule has 0 saturated carbocycles. The Morgan fingerprint density at radius 1 is 1.16 bits per heavy atom. The summed E-state index contributed by atoms with van der Waals surface area (Å²) in [5.74, 6) is 2.23. The number of H-pyrrole nitrogens is 1. The van der Waals surface area contributed by atoms with E-state index in [4.69, 9.17) is 19.3 Å². The number of hydrogen-bond donors (Lipinski definition) is 2. The van der Waals surface area contributed by atoms with Gasteiger partial charge in [-0.25, -0.2) is 14.8 Å². The van der Waals surface area contributed by atoms with Gasteiger partial charge in [0.25, 0.3) is 5.95 Å². The van der Waals surface area contributed by atoms with Gasteiger partial charge in [-0.05, 0) is 48.0 Å². The van der Waals surface area contributed by atoms with Crippen molar-refractivity contribution in [3.63, 3.8) is 0 Å². The summed E-state index contributed by atoms with van der Waals surface area (Å²) in [4.78, 5) is 28.0. The number of ether oxygens (including phenoxy) is 2. The summed E-state index contributed by atoms with van der Waals surface area (Å²) in [5, 5.41) is 20.7. The van der Waals surface area contributed by atoms with Crippen LogP contribution in [0.15, 0.2) is 70.2 Å². The number of rotatable bonds is 9. The van der Waals surface area contributed by atoms with Crippen LogP contribution in [0.1, 0.15) is 23.3 Å². The SMILES string of the molecule is COc1cc(C(Nc2ccc(-c3noc(C)n3)cc2)c2nn(-c3ncccn3)c(=O)[nH]2)ccc1OCC#N. The van der Waals surface area contributed by atoms with E-state index in [1.807, 2.05) is 30.3 Å². The maximum atomic E-state index is 12.8. The van der Waals surface area contributed by atoms with Gasteiger partial charge in [0.05, 0.1) is 7.11 Å². The van der Waals surface area contributed by atoms with Gasteiger partial charge in [0.2, 0.25) is 11.7 Å². The largest absolute Gasteiger partial charge is 0.493 e. The fourth-order valence-electron chi connectivity index (χ4n) is 3.71. The van der Waals surface area contributed by atoms with Gasteiger partial charge in [-0.15, -0.1) is 9.78 Å². The normalized spacial score (nSPS) is 11.5. The molecule has 190 valence electrons. The second-order valence-corrected chi connectivity index (χ2v) is 7.92. The van der Waals surface area contributed by atoms with Crippen molar-refractivity contribution in [2.24, 2.45) is 0 Å². The molecule has 1 atom stereocenters. The van der Waals surface area contributed by atoms with Gasteiger partial charge in [0.1, 0.15) is 12.1 Å². The predicted octanol–water partition coefficient (Wildman–Crippen LogP) is 2.82. The van der Waals surface area contributed by atoms with Crippen LogP contribution in [0, 0.1) is 18.3 Å². The second-order valence-electron chi connectivity index (χ2n) is 7.92. The van der Waals surface area contributed by atoms with Crippen molar-refractivity contribution >= 4 is 5.69 Å². The van der Waals surface area contributed by atoms with Crippen molar-refractivity contribution < 1.29 is 14.0 Å². The lowest BCUT2D eigenvalue weighted by atomic mass is 10.0. The first-order valence-electron chi connectivity index (χ1n) is 11.4. The van der Waals surface area contributed by atoms with Crippen molar-refractivity contribution in [3.05, 3.63) is 88.7 Å². The number of hydrogen-bond acceptors (Lipinski definition) is 11. The summed E-state index contributed by atoms with van der Waals surface area (Å²) < 4.78 is 17.1. The third-order valence-corrected chi connectivity index (χ3v) is 5.45. The summed E-state index contributed by atoms with van der Waals surface area (Å²) in [5.41, 5.74) is 1.72. The molecule has 0 bridgehead atoms. The smallest absolute Gasteiger partial charge is 0.350 e. The number of aromatic amines is 1. The van der Waals surface area contributed by atoms with E-state index in [0.717, 1.165) is 15.9 Å². The summed E-state index contributed by atoms with van der Waals surface area (Å²) >= 11 is 0. The van der Waals surface area contributed by atoms with Crippen LogP contribution < -0.4 is 20.5 Å². The first-order valence-corrected chi connectivity index (χ1v) is 11.4. The minimum Gasteiger partial charge on any atom is -0.493 e. The van der Waals surface area contributed by atoms with Crippen molar-refractivity contribution in [1.29, 1.82) is 5.26 Å². The van der Waals surface area contributed by atoms with Crippen LogP contribution >= 0.6 is 0 Å². The van der Waals surface area contributed by atoms with Crippen LogP contribution in [0.5, 0.6) is 11.5 Å². The standard InChI is InChI=1S/C25H21N9O4/c1-15-29-22(33-38-15)16-4-7-18(8-5-16)30-21(17-6-9-19(37-13-10-26)20(14-17)36-2)23-31-25(35)34(32-23)24-27-11-3-12-28-24/h3-9,11-12,14,21,30H,13H2,1-2H3,(H,31,32,35). The fraction of sp³-hybridized carbons (Fsp3) is 0.160. The Labute approximate surface area is 215 Å². The molecule has 0 saturated heterocycles. The average Bonchev–Trinajstić information content (AvgIpc) is 3.56. The molecule has 5 rings (SSSR count). The van der Waals surface area contributed by atoms with Crippen LogP contribution in [-0.4, -0.2) is 48.6 Å². The van der Waals surface area contributed by atoms with Crippen LogP contribution in [0.4, 0.5) is 5.69 Å². The molecule has 0 aliphatic rings. The lowest BCUT2D eigenvalue weighted by molar-refractivity contribution is 0.329. The highest BCUT2D eigenvalue weighted by molar-refractivity contribution is 5.60. The van der Waals surface area contributed by atoms with Crippen LogP contribution in [-0.2, 0) is 0 Å². The number of aryl methyl sites for hydroxylation is 1. The maximum Gasteiger partial charge on any atom is 0.350 e. The number of nitrogens with one attached hydrogen (secondary N) is 2. The first kappa shape index (κ1) is 24.2. The van der Waals surface area contributed by atoms with Crippen molar-refractivity contribution in [1.82, 2.24) is 34.9 Å². The average molecular weight is 512 g/mol. The van der Waals surface area contributed by atoms with Crippen molar-refractivity contribution in [3.8, 4) is 34.9 Å². The zero-order valence-electron chi connectivity index (χ0n) is 20.3. The Hall–Kier alpha value is -5.51. The summed E-state index contributed by atoms with van der Waals surface area (Å²) in [6.45, 7) is 1.60. The third kappa shape index (κ3) is 5.05. The minimum atomic E-state index is -0.621. The monoisotopic (exact) mass is 511 g/mol. The molecule has 0 aliphatic heterocycles. The van der Waals surface area contributed by atoms with Gasteiger partial charge in [0.15, 0.2) is 23.9 Å². The molecule has 38 heavy (non-hydrogen) atoms. The van der Waals surface area contributed by atoms with E-state index in [1.165, 1.54) is 19.5 Å². The number of aromatic nitrogens is 7. The summed E-state index contributed by atoms with van der Waals surface area (Å²) in [7, 11) is 1.50. The molecule has 13 nitrogen and oxygen atoms in total. The lowest BCUT2D eigenvalue weighted by Gasteiger charge is -2.20. The van der Waals surface area contributed by atoms with Gasteiger partial charge >= 0.3 is 5.69 Å². The number of methoxy groups -OCH3 is 1. The molecular formula is C25H21N9O4. The molecule has 0 radical (unpaired) electrons. The molecule has 5 aromatic rings. The van der Waals surface area contributed by atoms with E-state index in [-0.39, 0.29) is 12.6 Å². The van der Waals surface area contributed by atoms with Crippen LogP contribution in [0.25, 0.3) is 17.3 Å². The van der Waals surface area contributed by atoms with Crippen LogP contribution in [0.2, 0.25) is 0 Å². The highest BCUT2D eigenvalue weighted by Gasteiger charge is 2.23. The van der Waals surface area contributed by atoms with Crippen molar-refractivity contribution in [2.45, 2.75) is 13.0 Å². The number of nitriles is 1. The van der Waals surface area contributed by atoms with E-state index in [9.17, 15) is 4.79 Å². The van der Waals surface area contributed by atoms with E-state index < -0.39 is 11.7 Å². The Kier molecular flexibility index (Phi) is 6.77. The Balaban J connectivity index is 1.53. The van der Waals surface area contributed by atoms with Gasteiger partial charge in [-0.3, -0.25) is 4.98 Å². The summed E-state index contributed by atoms with van der Waals surface area (Å²) in [6, 6.07) is 15.6. The van der Waals surface area contributed by atoms with Crippen molar-refractivity contribution in [2.75, 3.05) is 19.0 Å². The Morgan fingerprint density at radius 3 is 2.63 bits per heavy atom. The lowest BCUT2D eigenvalue weighted by Crippen LogP contribution is -2.18. The predicted molar refractivity (Wildman–Crippen MR) is 134 cm³/mol. The van der Waals surface area contributed by atoms with Gasteiger partial charge < -0.3 is 19.3 Å². The Bertz CT molecular complexity index is 1640. The molecule has 2 aromatic carbocycles. The zero-order valence-corrected chi connectivity index (χ0v) is 20.3. The quantitative estimate of drug-likeness (QED) is 0.298. The highest BCUT2D eigenvalue weighted by atomic mass is 16.5. The molecule has 0 spiro atoms. The molecule has 3 aromatic heterocycles. The molecule has 1 unspecified atom stereocenters. The second kappa shape index (κ2) is 10.6. The van der Waals surface area contributed by atoms with E-state index >= 15 is 0 Å².